The van der Waals surface area contributed by atoms with E-state index in [0.717, 1.165) is 24.2 Å². The molecule has 0 saturated carbocycles. The number of nitrogens with zero attached hydrogens (tertiary/aromatic N) is 1. The summed E-state index contributed by atoms with van der Waals surface area (Å²) in [5, 5.41) is 5.57. The molecule has 0 aliphatic carbocycles. The fourth-order valence-corrected chi connectivity index (χ4v) is 2.99. The van der Waals surface area contributed by atoms with Gasteiger partial charge in [0.05, 0.1) is 0 Å². The third kappa shape index (κ3) is 5.17. The van der Waals surface area contributed by atoms with Crippen LogP contribution >= 0.6 is 0 Å². The maximum Gasteiger partial charge on any atom is 0.251 e. The summed E-state index contributed by atoms with van der Waals surface area (Å²) in [6.07, 6.45) is 1.73. The van der Waals surface area contributed by atoms with Gasteiger partial charge < -0.3 is 15.5 Å². The van der Waals surface area contributed by atoms with Gasteiger partial charge >= 0.3 is 0 Å². The van der Waals surface area contributed by atoms with Gasteiger partial charge in [-0.15, -0.1) is 0 Å². The van der Waals surface area contributed by atoms with Crippen LogP contribution in [-0.4, -0.2) is 30.8 Å². The lowest BCUT2D eigenvalue weighted by atomic mass is 10.2. The second kappa shape index (κ2) is 8.98. The van der Waals surface area contributed by atoms with Gasteiger partial charge in [0, 0.05) is 43.7 Å². The molecule has 0 aromatic heterocycles. The number of rotatable bonds is 7. The average molecular weight is 365 g/mol. The van der Waals surface area contributed by atoms with E-state index in [1.807, 2.05) is 30.3 Å². The second-order valence-electron chi connectivity index (χ2n) is 6.46. The van der Waals surface area contributed by atoms with Crippen molar-refractivity contribution in [1.29, 1.82) is 0 Å². The van der Waals surface area contributed by atoms with Crippen molar-refractivity contribution in [3.8, 4) is 0 Å². The minimum Gasteiger partial charge on any atom is -0.352 e. The summed E-state index contributed by atoms with van der Waals surface area (Å²) < 4.78 is 0. The monoisotopic (exact) mass is 365 g/mol. The number of amides is 3. The topological polar surface area (TPSA) is 78.5 Å². The SMILES string of the molecule is O=C(CCNC(=O)c1ccccc1)NCc1ccc(N2CCCC2=O)cc1. The molecule has 6 heteroatoms. The molecule has 0 spiro atoms. The zero-order valence-electron chi connectivity index (χ0n) is 15.1. The normalized spacial score (nSPS) is 13.5. The molecule has 27 heavy (non-hydrogen) atoms. The fraction of sp³-hybridized carbons (Fsp3) is 0.286. The van der Waals surface area contributed by atoms with E-state index < -0.39 is 0 Å². The maximum absolute atomic E-state index is 11.9. The smallest absolute Gasteiger partial charge is 0.251 e. The summed E-state index contributed by atoms with van der Waals surface area (Å²) >= 11 is 0. The molecule has 0 radical (unpaired) electrons. The highest BCUT2D eigenvalue weighted by molar-refractivity contribution is 5.95. The molecule has 1 aliphatic heterocycles. The van der Waals surface area contributed by atoms with Gasteiger partial charge in [0.15, 0.2) is 0 Å². The van der Waals surface area contributed by atoms with Crippen molar-refractivity contribution in [2.45, 2.75) is 25.8 Å². The quantitative estimate of drug-likeness (QED) is 0.790. The number of nitrogens with one attached hydrogen (secondary N) is 2. The predicted octanol–water partition coefficient (Wildman–Crippen LogP) is 2.25. The number of anilines is 1. The first-order valence-corrected chi connectivity index (χ1v) is 9.13. The van der Waals surface area contributed by atoms with Crippen molar-refractivity contribution in [2.24, 2.45) is 0 Å². The number of benzene rings is 2. The van der Waals surface area contributed by atoms with Gasteiger partial charge in [-0.1, -0.05) is 30.3 Å². The summed E-state index contributed by atoms with van der Waals surface area (Å²) in [6, 6.07) is 16.6. The molecule has 2 aromatic rings. The van der Waals surface area contributed by atoms with Crippen LogP contribution in [0.3, 0.4) is 0 Å². The summed E-state index contributed by atoms with van der Waals surface area (Å²) in [4.78, 5) is 37.4. The third-order valence-electron chi connectivity index (χ3n) is 4.48. The fourth-order valence-electron chi connectivity index (χ4n) is 2.99. The Kier molecular flexibility index (Phi) is 6.20. The van der Waals surface area contributed by atoms with E-state index in [1.165, 1.54) is 0 Å². The largest absolute Gasteiger partial charge is 0.352 e. The molecule has 140 valence electrons. The van der Waals surface area contributed by atoms with Crippen LogP contribution in [0, 0.1) is 0 Å². The minimum absolute atomic E-state index is 0.123. The van der Waals surface area contributed by atoms with Gasteiger partial charge in [-0.2, -0.15) is 0 Å². The molecule has 6 nitrogen and oxygen atoms in total. The van der Waals surface area contributed by atoms with Crippen LogP contribution in [-0.2, 0) is 16.1 Å². The molecule has 1 saturated heterocycles. The van der Waals surface area contributed by atoms with Crippen molar-refractivity contribution >= 4 is 23.4 Å². The maximum atomic E-state index is 11.9. The lowest BCUT2D eigenvalue weighted by Crippen LogP contribution is -2.30. The van der Waals surface area contributed by atoms with E-state index in [1.54, 1.807) is 29.2 Å². The highest BCUT2D eigenvalue weighted by atomic mass is 16.2. The molecule has 3 rings (SSSR count). The van der Waals surface area contributed by atoms with Crippen molar-refractivity contribution < 1.29 is 14.4 Å². The number of hydrogen-bond donors (Lipinski definition) is 2. The van der Waals surface area contributed by atoms with Crippen molar-refractivity contribution in [3.63, 3.8) is 0 Å². The van der Waals surface area contributed by atoms with Crippen LogP contribution in [0.4, 0.5) is 5.69 Å². The number of carbonyl (C=O) groups is 3. The molecule has 0 atom stereocenters. The van der Waals surface area contributed by atoms with E-state index >= 15 is 0 Å². The molecule has 1 fully saturated rings. The van der Waals surface area contributed by atoms with E-state index in [-0.39, 0.29) is 30.7 Å². The third-order valence-corrected chi connectivity index (χ3v) is 4.48. The molecule has 1 aliphatic rings. The molecule has 0 unspecified atom stereocenters. The first-order chi connectivity index (χ1) is 13.1. The van der Waals surface area contributed by atoms with E-state index in [0.29, 0.717) is 18.5 Å². The van der Waals surface area contributed by atoms with Crippen LogP contribution < -0.4 is 15.5 Å². The first kappa shape index (κ1) is 18.6. The Labute approximate surface area is 158 Å². The van der Waals surface area contributed by atoms with Crippen LogP contribution in [0.15, 0.2) is 54.6 Å². The van der Waals surface area contributed by atoms with E-state index in [9.17, 15) is 14.4 Å². The Morgan fingerprint density at radius 3 is 2.37 bits per heavy atom. The second-order valence-corrected chi connectivity index (χ2v) is 6.46. The molecule has 1 heterocycles. The summed E-state index contributed by atoms with van der Waals surface area (Å²) in [5.74, 6) is -0.147. The highest BCUT2D eigenvalue weighted by Gasteiger charge is 2.21. The molecular formula is C21H23N3O3. The molecule has 0 bridgehead atoms. The Morgan fingerprint density at radius 1 is 0.963 bits per heavy atom. The Hall–Kier alpha value is -3.15. The van der Waals surface area contributed by atoms with Gasteiger partial charge in [-0.25, -0.2) is 0 Å². The van der Waals surface area contributed by atoms with Gasteiger partial charge in [-0.3, -0.25) is 14.4 Å². The average Bonchev–Trinajstić information content (AvgIpc) is 3.13. The number of carbonyl (C=O) groups excluding carboxylic acids is 3. The first-order valence-electron chi connectivity index (χ1n) is 9.13. The van der Waals surface area contributed by atoms with Crippen LogP contribution in [0.25, 0.3) is 0 Å². The number of hydrogen-bond acceptors (Lipinski definition) is 3. The van der Waals surface area contributed by atoms with Crippen molar-refractivity contribution in [2.75, 3.05) is 18.0 Å². The zero-order valence-corrected chi connectivity index (χ0v) is 15.1. The Morgan fingerprint density at radius 2 is 1.70 bits per heavy atom. The van der Waals surface area contributed by atoms with Crippen LogP contribution in [0.1, 0.15) is 35.2 Å². The Balaban J connectivity index is 1.39. The van der Waals surface area contributed by atoms with Crippen LogP contribution in [0.2, 0.25) is 0 Å². The standard InChI is InChI=1S/C21H23N3O3/c25-19(12-13-22-21(27)17-5-2-1-3-6-17)23-15-16-8-10-18(11-9-16)24-14-4-7-20(24)26/h1-3,5-6,8-11H,4,7,12-15H2,(H,22,27)(H,23,25). The van der Waals surface area contributed by atoms with Gasteiger partial charge in [0.1, 0.15) is 0 Å². The minimum atomic E-state index is -0.185. The lowest BCUT2D eigenvalue weighted by Gasteiger charge is -2.16. The molecule has 3 amide bonds. The summed E-state index contributed by atoms with van der Waals surface area (Å²) in [7, 11) is 0. The Bertz CT molecular complexity index is 803. The highest BCUT2D eigenvalue weighted by Crippen LogP contribution is 2.21. The van der Waals surface area contributed by atoms with Gasteiger partial charge in [0.25, 0.3) is 5.91 Å². The molecular weight excluding hydrogens is 342 g/mol. The molecule has 2 aromatic carbocycles. The summed E-state index contributed by atoms with van der Waals surface area (Å²) in [6.45, 7) is 1.47. The van der Waals surface area contributed by atoms with E-state index in [2.05, 4.69) is 10.6 Å². The van der Waals surface area contributed by atoms with Gasteiger partial charge in [-0.05, 0) is 36.2 Å². The molecule has 2 N–H and O–H groups in total. The van der Waals surface area contributed by atoms with Crippen LogP contribution in [0.5, 0.6) is 0 Å². The zero-order chi connectivity index (χ0) is 19.1. The van der Waals surface area contributed by atoms with Crippen molar-refractivity contribution in [3.05, 3.63) is 65.7 Å². The van der Waals surface area contributed by atoms with E-state index in [4.69, 9.17) is 0 Å². The predicted molar refractivity (Wildman–Crippen MR) is 103 cm³/mol. The lowest BCUT2D eigenvalue weighted by molar-refractivity contribution is -0.121. The summed E-state index contributed by atoms with van der Waals surface area (Å²) in [5.41, 5.74) is 2.44. The van der Waals surface area contributed by atoms with Gasteiger partial charge in [0.2, 0.25) is 11.8 Å². The van der Waals surface area contributed by atoms with Crippen molar-refractivity contribution in [1.82, 2.24) is 10.6 Å².